The van der Waals surface area contributed by atoms with Gasteiger partial charge >= 0.3 is 0 Å². The fourth-order valence-electron chi connectivity index (χ4n) is 5.05. The minimum Gasteiger partial charge on any atom is -0.504 e. The van der Waals surface area contributed by atoms with Crippen LogP contribution in [-0.2, 0) is 20.9 Å². The Balaban J connectivity index is 1.35. The van der Waals surface area contributed by atoms with Crippen LogP contribution >= 0.6 is 0 Å². The number of carbonyl (C=O) groups excluding carboxylic acids is 2. The molecular formula is C25H30N4O6. The molecule has 3 aliphatic rings. The zero-order valence-corrected chi connectivity index (χ0v) is 19.8. The molecular weight excluding hydrogens is 452 g/mol. The average molecular weight is 483 g/mol. The second-order valence-electron chi connectivity index (χ2n) is 10.1. The van der Waals surface area contributed by atoms with Crippen LogP contribution in [0.15, 0.2) is 48.4 Å². The van der Waals surface area contributed by atoms with Gasteiger partial charge in [0.15, 0.2) is 17.3 Å². The number of benzene rings is 1. The van der Waals surface area contributed by atoms with E-state index in [1.165, 1.54) is 17.0 Å². The van der Waals surface area contributed by atoms with Crippen LogP contribution in [0.1, 0.15) is 33.1 Å². The van der Waals surface area contributed by atoms with Crippen LogP contribution in [0.25, 0.3) is 0 Å². The highest BCUT2D eigenvalue weighted by Gasteiger charge is 2.68. The van der Waals surface area contributed by atoms with Crippen LogP contribution in [0.5, 0.6) is 11.5 Å². The lowest BCUT2D eigenvalue weighted by atomic mass is 10.0. The van der Waals surface area contributed by atoms with Gasteiger partial charge in [-0.05, 0) is 45.2 Å². The van der Waals surface area contributed by atoms with E-state index in [0.29, 0.717) is 24.6 Å². The van der Waals surface area contributed by atoms with Gasteiger partial charge in [0.2, 0.25) is 0 Å². The van der Waals surface area contributed by atoms with Crippen LogP contribution in [0.4, 0.5) is 5.82 Å². The SMILES string of the molecule is CC(C)(O)Cn1ccc(NC(=O)C2(N3CC(Oc4ccccc4O)=CC3=O)CC2C2CCCO2)n1. The summed E-state index contributed by atoms with van der Waals surface area (Å²) in [4.78, 5) is 28.2. The van der Waals surface area contributed by atoms with E-state index < -0.39 is 11.1 Å². The van der Waals surface area contributed by atoms with E-state index in [1.807, 2.05) is 0 Å². The molecule has 1 saturated heterocycles. The van der Waals surface area contributed by atoms with Gasteiger partial charge in [-0.15, -0.1) is 0 Å². The molecule has 1 aromatic carbocycles. The first-order valence-corrected chi connectivity index (χ1v) is 11.8. The first kappa shape index (κ1) is 23.4. The predicted molar refractivity (Wildman–Crippen MR) is 125 cm³/mol. The third kappa shape index (κ3) is 4.63. The number of aromatic hydroxyl groups is 1. The van der Waals surface area contributed by atoms with E-state index in [-0.39, 0.29) is 48.4 Å². The van der Waals surface area contributed by atoms with Crippen molar-refractivity contribution in [1.29, 1.82) is 0 Å². The standard InChI is InChI=1S/C25H30N4O6/c1-24(2,33)15-28-10-9-21(27-28)26-23(32)25(13-17(25)19-8-5-11-34-19)29-14-16(12-22(29)31)35-20-7-4-3-6-18(20)30/h3-4,6-7,9-10,12,17,19,30,33H,5,8,11,13-15H2,1-2H3,(H,26,27,32). The lowest BCUT2D eigenvalue weighted by Gasteiger charge is -2.29. The van der Waals surface area contributed by atoms with E-state index in [0.717, 1.165) is 12.8 Å². The molecule has 35 heavy (non-hydrogen) atoms. The number of aliphatic hydroxyl groups is 1. The molecule has 0 spiro atoms. The Morgan fingerprint density at radius 1 is 1.34 bits per heavy atom. The Hall–Kier alpha value is -3.37. The molecule has 3 unspecified atom stereocenters. The topological polar surface area (TPSA) is 126 Å². The second kappa shape index (κ2) is 8.69. The zero-order chi connectivity index (χ0) is 24.8. The van der Waals surface area contributed by atoms with Crippen molar-refractivity contribution in [3.05, 3.63) is 48.4 Å². The van der Waals surface area contributed by atoms with Crippen molar-refractivity contribution in [1.82, 2.24) is 14.7 Å². The molecule has 3 heterocycles. The number of nitrogens with zero attached hydrogens (tertiary/aromatic N) is 3. The number of hydrogen-bond donors (Lipinski definition) is 3. The summed E-state index contributed by atoms with van der Waals surface area (Å²) in [6, 6.07) is 8.19. The Kier molecular flexibility index (Phi) is 5.80. The molecule has 3 N–H and O–H groups in total. The van der Waals surface area contributed by atoms with E-state index in [4.69, 9.17) is 9.47 Å². The molecule has 1 aliphatic carbocycles. The van der Waals surface area contributed by atoms with Crippen molar-refractivity contribution in [2.45, 2.75) is 56.9 Å². The molecule has 10 nitrogen and oxygen atoms in total. The van der Waals surface area contributed by atoms with Crippen molar-refractivity contribution in [3.8, 4) is 11.5 Å². The van der Waals surface area contributed by atoms with Gasteiger partial charge in [0, 0.05) is 30.9 Å². The highest BCUT2D eigenvalue weighted by Crippen LogP contribution is 2.55. The maximum Gasteiger partial charge on any atom is 0.251 e. The summed E-state index contributed by atoms with van der Waals surface area (Å²) in [6.07, 6.45) is 5.21. The maximum atomic E-state index is 13.6. The van der Waals surface area contributed by atoms with Crippen LogP contribution in [0, 0.1) is 5.92 Å². The number of phenolic OH excluding ortho intramolecular Hbond substituents is 1. The normalized spacial score (nSPS) is 26.1. The van der Waals surface area contributed by atoms with Crippen molar-refractivity contribution < 1.29 is 29.3 Å². The molecule has 10 heteroatoms. The monoisotopic (exact) mass is 482 g/mol. The summed E-state index contributed by atoms with van der Waals surface area (Å²) in [6.45, 7) is 4.39. The van der Waals surface area contributed by atoms with E-state index in [2.05, 4.69) is 10.4 Å². The fourth-order valence-corrected chi connectivity index (χ4v) is 5.05. The number of phenols is 1. The maximum absolute atomic E-state index is 13.6. The zero-order valence-electron chi connectivity index (χ0n) is 19.8. The van der Waals surface area contributed by atoms with Gasteiger partial charge in [0.25, 0.3) is 11.8 Å². The summed E-state index contributed by atoms with van der Waals surface area (Å²) < 4.78 is 13.2. The Bertz CT molecular complexity index is 1160. The summed E-state index contributed by atoms with van der Waals surface area (Å²) in [5.41, 5.74) is -2.03. The van der Waals surface area contributed by atoms with Gasteiger partial charge < -0.3 is 29.9 Å². The highest BCUT2D eigenvalue weighted by molar-refractivity contribution is 6.05. The number of ether oxygens (including phenoxy) is 2. The third-order valence-corrected chi connectivity index (χ3v) is 6.67. The minimum atomic E-state index is -1.08. The molecule has 0 bridgehead atoms. The number of rotatable bonds is 8. The van der Waals surface area contributed by atoms with Gasteiger partial charge in [0.05, 0.1) is 24.8 Å². The fraction of sp³-hybridized carbons (Fsp3) is 0.480. The summed E-state index contributed by atoms with van der Waals surface area (Å²) in [5.74, 6) is 0.145. The first-order chi connectivity index (χ1) is 16.7. The number of nitrogens with one attached hydrogen (secondary N) is 1. The molecule has 0 radical (unpaired) electrons. The highest BCUT2D eigenvalue weighted by atomic mass is 16.5. The van der Waals surface area contributed by atoms with Gasteiger partial charge in [-0.2, -0.15) is 5.10 Å². The minimum absolute atomic E-state index is 0.0305. The van der Waals surface area contributed by atoms with Gasteiger partial charge in [-0.3, -0.25) is 14.3 Å². The van der Waals surface area contributed by atoms with Crippen LogP contribution in [0.2, 0.25) is 0 Å². The van der Waals surface area contributed by atoms with Crippen LogP contribution in [-0.4, -0.2) is 67.1 Å². The summed E-state index contributed by atoms with van der Waals surface area (Å²) >= 11 is 0. The van der Waals surface area contributed by atoms with Crippen molar-refractivity contribution in [2.24, 2.45) is 5.92 Å². The number of anilines is 1. The van der Waals surface area contributed by atoms with Gasteiger partial charge in [-0.25, -0.2) is 0 Å². The second-order valence-corrected chi connectivity index (χ2v) is 10.1. The molecule has 2 aliphatic heterocycles. The first-order valence-electron chi connectivity index (χ1n) is 11.8. The molecule has 3 atom stereocenters. The molecule has 1 saturated carbocycles. The van der Waals surface area contributed by atoms with Crippen LogP contribution in [0.3, 0.4) is 0 Å². The number of carbonyl (C=O) groups is 2. The lowest BCUT2D eigenvalue weighted by molar-refractivity contribution is -0.136. The molecule has 2 amide bonds. The number of aromatic nitrogens is 2. The van der Waals surface area contributed by atoms with Crippen LogP contribution < -0.4 is 10.1 Å². The largest absolute Gasteiger partial charge is 0.504 e. The predicted octanol–water partition coefficient (Wildman–Crippen LogP) is 2.04. The van der Waals surface area contributed by atoms with Crippen molar-refractivity contribution in [2.75, 3.05) is 18.5 Å². The van der Waals surface area contributed by atoms with Gasteiger partial charge in [-0.1, -0.05) is 12.1 Å². The average Bonchev–Trinajstić information content (AvgIpc) is 3.15. The molecule has 2 fully saturated rings. The Morgan fingerprint density at radius 2 is 2.14 bits per heavy atom. The molecule has 186 valence electrons. The van der Waals surface area contributed by atoms with E-state index in [1.54, 1.807) is 49.0 Å². The quantitative estimate of drug-likeness (QED) is 0.526. The van der Waals surface area contributed by atoms with E-state index in [9.17, 15) is 19.8 Å². The molecule has 5 rings (SSSR count). The smallest absolute Gasteiger partial charge is 0.251 e. The van der Waals surface area contributed by atoms with E-state index >= 15 is 0 Å². The van der Waals surface area contributed by atoms with Crippen molar-refractivity contribution in [3.63, 3.8) is 0 Å². The number of para-hydroxylation sites is 2. The Morgan fingerprint density at radius 3 is 2.86 bits per heavy atom. The summed E-state index contributed by atoms with van der Waals surface area (Å²) in [7, 11) is 0. The third-order valence-electron chi connectivity index (χ3n) is 6.67. The summed E-state index contributed by atoms with van der Waals surface area (Å²) in [5, 5.41) is 27.3. The number of hydrogen-bond acceptors (Lipinski definition) is 7. The Labute approximate surface area is 203 Å². The van der Waals surface area contributed by atoms with Crippen molar-refractivity contribution >= 4 is 17.6 Å². The molecule has 1 aromatic heterocycles. The number of amides is 2. The molecule has 2 aromatic rings. The lowest BCUT2D eigenvalue weighted by Crippen LogP contribution is -2.50. The van der Waals surface area contributed by atoms with Gasteiger partial charge in [0.1, 0.15) is 11.3 Å².